The summed E-state index contributed by atoms with van der Waals surface area (Å²) in [5, 5.41) is 8.51. The number of halogens is 2. The molecule has 1 aromatic carbocycles. The zero-order chi connectivity index (χ0) is 20.7. The number of pyridine rings is 1. The van der Waals surface area contributed by atoms with Crippen LogP contribution < -0.4 is 0 Å². The molecule has 0 N–H and O–H groups in total. The molecule has 0 saturated carbocycles. The van der Waals surface area contributed by atoms with Gasteiger partial charge in [0.2, 0.25) is 6.39 Å². The second-order valence-electron chi connectivity index (χ2n) is 7.19. The number of hydrogen-bond acceptors (Lipinski definition) is 6. The lowest BCUT2D eigenvalue weighted by atomic mass is 10.0. The summed E-state index contributed by atoms with van der Waals surface area (Å²) in [7, 11) is 0. The highest BCUT2D eigenvalue weighted by molar-refractivity contribution is 5.96. The van der Waals surface area contributed by atoms with E-state index in [1.807, 2.05) is 18.2 Å². The van der Waals surface area contributed by atoms with Gasteiger partial charge in [0.15, 0.2) is 0 Å². The highest BCUT2D eigenvalue weighted by atomic mass is 19.3. The molecular formula is C21H16F2N4O3. The van der Waals surface area contributed by atoms with Crippen molar-refractivity contribution in [1.82, 2.24) is 20.1 Å². The van der Waals surface area contributed by atoms with E-state index in [0.29, 0.717) is 28.3 Å². The maximum atomic E-state index is 13.3. The van der Waals surface area contributed by atoms with Gasteiger partial charge in [0.05, 0.1) is 23.1 Å². The van der Waals surface area contributed by atoms with Crippen LogP contribution >= 0.6 is 0 Å². The first-order valence-corrected chi connectivity index (χ1v) is 9.41. The van der Waals surface area contributed by atoms with Crippen LogP contribution in [0.3, 0.4) is 0 Å². The van der Waals surface area contributed by atoms with E-state index in [2.05, 4.69) is 15.2 Å². The molecule has 1 amide bonds. The fourth-order valence-electron chi connectivity index (χ4n) is 3.59. The Morgan fingerprint density at radius 1 is 1.10 bits per heavy atom. The molecule has 0 aliphatic carbocycles. The van der Waals surface area contributed by atoms with Gasteiger partial charge in [-0.2, -0.15) is 0 Å². The summed E-state index contributed by atoms with van der Waals surface area (Å²) in [5.41, 5.74) is 3.05. The van der Waals surface area contributed by atoms with E-state index < -0.39 is 5.92 Å². The van der Waals surface area contributed by atoms with Gasteiger partial charge >= 0.3 is 0 Å². The first-order chi connectivity index (χ1) is 14.5. The molecule has 0 spiro atoms. The Morgan fingerprint density at radius 2 is 1.93 bits per heavy atom. The van der Waals surface area contributed by atoms with Crippen LogP contribution in [-0.2, 0) is 0 Å². The number of aromatic nitrogens is 3. The largest absolute Gasteiger partial charge is 0.464 e. The van der Waals surface area contributed by atoms with Gasteiger partial charge < -0.3 is 13.7 Å². The number of furan rings is 1. The van der Waals surface area contributed by atoms with Gasteiger partial charge in [0.1, 0.15) is 5.58 Å². The molecule has 152 valence electrons. The standard InChI is InChI=1S/C21H16F2N4O3/c22-21(23)4-6-27(7-5-21)20(28)14-1-2-17(24-11-14)15-9-13-3-8-29-18(13)16(10-15)19-26-25-12-30-19/h1-3,8-12H,4-7H2. The molecule has 1 fully saturated rings. The minimum atomic E-state index is -2.69. The number of rotatable bonds is 3. The number of nitrogens with zero attached hydrogens (tertiary/aromatic N) is 4. The van der Waals surface area contributed by atoms with E-state index >= 15 is 0 Å². The van der Waals surface area contributed by atoms with E-state index in [1.165, 1.54) is 17.5 Å². The number of carbonyl (C=O) groups is 1. The maximum absolute atomic E-state index is 13.3. The molecule has 0 bridgehead atoms. The first kappa shape index (κ1) is 18.4. The normalized spacial score (nSPS) is 16.1. The van der Waals surface area contributed by atoms with Gasteiger partial charge in [-0.15, -0.1) is 10.2 Å². The summed E-state index contributed by atoms with van der Waals surface area (Å²) in [4.78, 5) is 18.5. The third-order valence-electron chi connectivity index (χ3n) is 5.23. The summed E-state index contributed by atoms with van der Waals surface area (Å²) in [6.45, 7) is 0.0799. The van der Waals surface area contributed by atoms with Gasteiger partial charge in [-0.05, 0) is 30.3 Å². The third-order valence-corrected chi connectivity index (χ3v) is 5.23. The Hall–Kier alpha value is -3.62. The Balaban J connectivity index is 1.43. The molecule has 1 aliphatic heterocycles. The Bertz CT molecular complexity index is 1190. The molecule has 0 unspecified atom stereocenters. The molecule has 9 heteroatoms. The molecule has 7 nitrogen and oxygen atoms in total. The smallest absolute Gasteiger partial charge is 0.255 e. The molecule has 5 rings (SSSR count). The summed E-state index contributed by atoms with van der Waals surface area (Å²) in [6, 6.07) is 8.95. The molecule has 3 aromatic heterocycles. The lowest BCUT2D eigenvalue weighted by Crippen LogP contribution is -2.42. The molecule has 4 aromatic rings. The number of amides is 1. The second kappa shape index (κ2) is 7.01. The third kappa shape index (κ3) is 3.32. The predicted octanol–water partition coefficient (Wildman–Crippen LogP) is 4.42. The predicted molar refractivity (Wildman–Crippen MR) is 103 cm³/mol. The summed E-state index contributed by atoms with van der Waals surface area (Å²) in [5.74, 6) is -2.66. The lowest BCUT2D eigenvalue weighted by molar-refractivity contribution is -0.0494. The Kier molecular flexibility index (Phi) is 4.30. The van der Waals surface area contributed by atoms with Crippen LogP contribution in [0.5, 0.6) is 0 Å². The Labute approximate surface area is 169 Å². The highest BCUT2D eigenvalue weighted by Gasteiger charge is 2.35. The quantitative estimate of drug-likeness (QED) is 0.497. The minimum Gasteiger partial charge on any atom is -0.464 e. The second-order valence-corrected chi connectivity index (χ2v) is 7.19. The Morgan fingerprint density at radius 3 is 2.63 bits per heavy atom. The van der Waals surface area contributed by atoms with E-state index in [-0.39, 0.29) is 31.8 Å². The number of carbonyl (C=O) groups excluding carboxylic acids is 1. The molecule has 1 saturated heterocycles. The van der Waals surface area contributed by atoms with E-state index in [0.717, 1.165) is 10.9 Å². The van der Waals surface area contributed by atoms with E-state index in [9.17, 15) is 13.6 Å². The topological polar surface area (TPSA) is 85.3 Å². The van der Waals surface area contributed by atoms with Crippen molar-refractivity contribution in [3.8, 4) is 22.7 Å². The van der Waals surface area contributed by atoms with Crippen molar-refractivity contribution in [3.05, 3.63) is 54.7 Å². The van der Waals surface area contributed by atoms with Gasteiger partial charge in [0, 0.05) is 43.1 Å². The van der Waals surface area contributed by atoms with Crippen LogP contribution in [0.4, 0.5) is 8.78 Å². The van der Waals surface area contributed by atoms with Crippen molar-refractivity contribution >= 4 is 16.9 Å². The van der Waals surface area contributed by atoms with Crippen molar-refractivity contribution in [2.45, 2.75) is 18.8 Å². The zero-order valence-corrected chi connectivity index (χ0v) is 15.7. The fourth-order valence-corrected chi connectivity index (χ4v) is 3.59. The highest BCUT2D eigenvalue weighted by Crippen LogP contribution is 2.33. The number of alkyl halides is 2. The van der Waals surface area contributed by atoms with Crippen LogP contribution in [0.15, 0.2) is 58.0 Å². The minimum absolute atomic E-state index is 0.0400. The van der Waals surface area contributed by atoms with Crippen LogP contribution in [0.25, 0.3) is 33.7 Å². The van der Waals surface area contributed by atoms with Crippen molar-refractivity contribution in [2.24, 2.45) is 0 Å². The number of fused-ring (bicyclic) bond motifs is 1. The molecular weight excluding hydrogens is 394 g/mol. The summed E-state index contributed by atoms with van der Waals surface area (Å²) < 4.78 is 37.5. The number of hydrogen-bond donors (Lipinski definition) is 0. The average molecular weight is 410 g/mol. The van der Waals surface area contributed by atoms with Crippen molar-refractivity contribution < 1.29 is 22.4 Å². The maximum Gasteiger partial charge on any atom is 0.255 e. The molecule has 1 aliphatic rings. The number of benzene rings is 1. The van der Waals surface area contributed by atoms with Crippen LogP contribution in [0.2, 0.25) is 0 Å². The zero-order valence-electron chi connectivity index (χ0n) is 15.7. The van der Waals surface area contributed by atoms with Gasteiger partial charge in [-0.3, -0.25) is 9.78 Å². The van der Waals surface area contributed by atoms with Crippen LogP contribution in [0, 0.1) is 0 Å². The fraction of sp³-hybridized carbons (Fsp3) is 0.238. The number of piperidine rings is 1. The van der Waals surface area contributed by atoms with Gasteiger partial charge in [-0.25, -0.2) is 8.78 Å². The van der Waals surface area contributed by atoms with Gasteiger partial charge in [0.25, 0.3) is 17.7 Å². The van der Waals surface area contributed by atoms with Crippen molar-refractivity contribution in [2.75, 3.05) is 13.1 Å². The summed E-state index contributed by atoms with van der Waals surface area (Å²) >= 11 is 0. The van der Waals surface area contributed by atoms with E-state index in [4.69, 9.17) is 8.83 Å². The SMILES string of the molecule is O=C(c1ccc(-c2cc(-c3nnco3)c3occc3c2)nc1)N1CCC(F)(F)CC1. The van der Waals surface area contributed by atoms with Crippen molar-refractivity contribution in [1.29, 1.82) is 0 Å². The van der Waals surface area contributed by atoms with Crippen LogP contribution in [-0.4, -0.2) is 45.0 Å². The van der Waals surface area contributed by atoms with Gasteiger partial charge in [-0.1, -0.05) is 0 Å². The molecule has 30 heavy (non-hydrogen) atoms. The molecule has 0 radical (unpaired) electrons. The average Bonchev–Trinajstić information content (AvgIpc) is 3.45. The number of likely N-dealkylation sites (tertiary alicyclic amines) is 1. The first-order valence-electron chi connectivity index (χ1n) is 9.41. The lowest BCUT2D eigenvalue weighted by Gasteiger charge is -2.31. The van der Waals surface area contributed by atoms with E-state index in [1.54, 1.807) is 18.4 Å². The molecule has 4 heterocycles. The summed E-state index contributed by atoms with van der Waals surface area (Å²) in [6.07, 6.45) is 3.66. The molecule has 0 atom stereocenters. The monoisotopic (exact) mass is 410 g/mol. The van der Waals surface area contributed by atoms with Crippen LogP contribution in [0.1, 0.15) is 23.2 Å². The van der Waals surface area contributed by atoms with Crippen molar-refractivity contribution in [3.63, 3.8) is 0 Å².